The molecule has 0 atom stereocenters. The SMILES string of the molecule is CC(=O)c1cn(Cc2nc(C)c(C)s2)c(=O)n(C)c1=O. The number of aromatic nitrogens is 3. The average molecular weight is 293 g/mol. The number of hydrogen-bond donors (Lipinski definition) is 0. The van der Waals surface area contributed by atoms with Crippen molar-refractivity contribution in [1.29, 1.82) is 0 Å². The van der Waals surface area contributed by atoms with E-state index in [1.54, 1.807) is 0 Å². The Hall–Kier alpha value is -2.02. The van der Waals surface area contributed by atoms with Crippen LogP contribution in [0.1, 0.15) is 32.9 Å². The van der Waals surface area contributed by atoms with Gasteiger partial charge in [0.25, 0.3) is 5.56 Å². The summed E-state index contributed by atoms with van der Waals surface area (Å²) in [4.78, 5) is 40.8. The van der Waals surface area contributed by atoms with Gasteiger partial charge in [-0.1, -0.05) is 0 Å². The van der Waals surface area contributed by atoms with Crippen LogP contribution in [0, 0.1) is 13.8 Å². The minimum absolute atomic E-state index is 0.0112. The molecule has 0 bridgehead atoms. The molecule has 2 heterocycles. The van der Waals surface area contributed by atoms with Gasteiger partial charge in [0.1, 0.15) is 5.01 Å². The van der Waals surface area contributed by atoms with Crippen LogP contribution in [0.15, 0.2) is 15.8 Å². The fraction of sp³-hybridized carbons (Fsp3) is 0.385. The van der Waals surface area contributed by atoms with Gasteiger partial charge >= 0.3 is 5.69 Å². The molecule has 2 aromatic rings. The quantitative estimate of drug-likeness (QED) is 0.787. The molecule has 0 aliphatic rings. The van der Waals surface area contributed by atoms with E-state index in [9.17, 15) is 14.4 Å². The molecule has 2 aromatic heterocycles. The first-order valence-corrected chi connectivity index (χ1v) is 6.87. The van der Waals surface area contributed by atoms with Crippen molar-refractivity contribution in [2.24, 2.45) is 7.05 Å². The second kappa shape index (κ2) is 5.16. The number of nitrogens with zero attached hydrogens (tertiary/aromatic N) is 3. The van der Waals surface area contributed by atoms with Crippen molar-refractivity contribution >= 4 is 17.1 Å². The highest BCUT2D eigenvalue weighted by molar-refractivity contribution is 7.11. The zero-order valence-electron chi connectivity index (χ0n) is 11.8. The zero-order valence-corrected chi connectivity index (χ0v) is 12.6. The summed E-state index contributed by atoms with van der Waals surface area (Å²) in [7, 11) is 1.37. The molecule has 0 spiro atoms. The van der Waals surface area contributed by atoms with Gasteiger partial charge in [-0.3, -0.25) is 18.7 Å². The van der Waals surface area contributed by atoms with Gasteiger partial charge in [0.2, 0.25) is 0 Å². The van der Waals surface area contributed by atoms with E-state index in [4.69, 9.17) is 0 Å². The zero-order chi connectivity index (χ0) is 15.0. The van der Waals surface area contributed by atoms with E-state index >= 15 is 0 Å². The number of carbonyl (C=O) groups is 1. The largest absolute Gasteiger partial charge is 0.331 e. The molecule has 0 N–H and O–H groups in total. The fourth-order valence-corrected chi connectivity index (χ4v) is 2.77. The molecule has 20 heavy (non-hydrogen) atoms. The van der Waals surface area contributed by atoms with Crippen LogP contribution < -0.4 is 11.2 Å². The Morgan fingerprint density at radius 3 is 2.50 bits per heavy atom. The Labute approximate surface area is 119 Å². The molecular formula is C13H15N3O3S. The predicted octanol–water partition coefficient (Wildman–Crippen LogP) is 0.871. The first kappa shape index (κ1) is 14.4. The number of Topliss-reactive ketones (excluding diaryl/α,β-unsaturated/α-hetero) is 1. The summed E-state index contributed by atoms with van der Waals surface area (Å²) in [5.74, 6) is -0.356. The molecule has 0 radical (unpaired) electrons. The Bertz CT molecular complexity index is 779. The van der Waals surface area contributed by atoms with Crippen LogP contribution in [-0.4, -0.2) is 19.9 Å². The maximum Gasteiger partial charge on any atom is 0.331 e. The van der Waals surface area contributed by atoms with E-state index < -0.39 is 11.2 Å². The average Bonchev–Trinajstić information content (AvgIpc) is 2.68. The van der Waals surface area contributed by atoms with Crippen molar-refractivity contribution in [1.82, 2.24) is 14.1 Å². The Morgan fingerprint density at radius 1 is 1.35 bits per heavy atom. The summed E-state index contributed by atoms with van der Waals surface area (Å²) in [6.45, 7) is 5.43. The van der Waals surface area contributed by atoms with E-state index in [1.807, 2.05) is 13.8 Å². The lowest BCUT2D eigenvalue weighted by Crippen LogP contribution is -2.40. The van der Waals surface area contributed by atoms with Crippen molar-refractivity contribution in [3.63, 3.8) is 0 Å². The number of hydrogen-bond acceptors (Lipinski definition) is 5. The van der Waals surface area contributed by atoms with Crippen LogP contribution in [0.4, 0.5) is 0 Å². The van der Waals surface area contributed by atoms with Gasteiger partial charge in [0, 0.05) is 18.1 Å². The summed E-state index contributed by atoms with van der Waals surface area (Å²) < 4.78 is 2.29. The van der Waals surface area contributed by atoms with Gasteiger partial charge in [-0.2, -0.15) is 0 Å². The molecule has 7 heteroatoms. The number of carbonyl (C=O) groups excluding carboxylic acids is 1. The third kappa shape index (κ3) is 2.49. The van der Waals surface area contributed by atoms with Gasteiger partial charge < -0.3 is 0 Å². The summed E-state index contributed by atoms with van der Waals surface area (Å²) in [5.41, 5.74) is -0.0810. The van der Waals surface area contributed by atoms with Crippen LogP contribution in [0.25, 0.3) is 0 Å². The summed E-state index contributed by atoms with van der Waals surface area (Å²) in [6, 6.07) is 0. The van der Waals surface area contributed by atoms with Crippen LogP contribution in [-0.2, 0) is 13.6 Å². The van der Waals surface area contributed by atoms with E-state index in [0.29, 0.717) is 0 Å². The van der Waals surface area contributed by atoms with Crippen LogP contribution >= 0.6 is 11.3 Å². The maximum atomic E-state index is 12.1. The molecule has 6 nitrogen and oxygen atoms in total. The number of ketones is 1. The Morgan fingerprint density at radius 2 is 2.00 bits per heavy atom. The first-order chi connectivity index (χ1) is 9.31. The molecular weight excluding hydrogens is 278 g/mol. The lowest BCUT2D eigenvalue weighted by atomic mass is 10.2. The molecule has 2 rings (SSSR count). The van der Waals surface area contributed by atoms with E-state index in [-0.39, 0.29) is 17.9 Å². The third-order valence-electron chi connectivity index (χ3n) is 3.11. The molecule has 0 aromatic carbocycles. The van der Waals surface area contributed by atoms with E-state index in [2.05, 4.69) is 4.98 Å². The fourth-order valence-electron chi connectivity index (χ4n) is 1.83. The Kier molecular flexibility index (Phi) is 3.71. The lowest BCUT2D eigenvalue weighted by Gasteiger charge is -2.07. The number of aryl methyl sites for hydroxylation is 2. The summed E-state index contributed by atoms with van der Waals surface area (Å²) in [6.07, 6.45) is 1.32. The molecule has 0 amide bonds. The monoisotopic (exact) mass is 293 g/mol. The van der Waals surface area contributed by atoms with Gasteiger partial charge in [-0.05, 0) is 20.8 Å². The lowest BCUT2D eigenvalue weighted by molar-refractivity contribution is 0.101. The van der Waals surface area contributed by atoms with Crippen LogP contribution in [0.2, 0.25) is 0 Å². The highest BCUT2D eigenvalue weighted by Gasteiger charge is 2.13. The van der Waals surface area contributed by atoms with E-state index in [0.717, 1.165) is 20.1 Å². The molecule has 0 saturated heterocycles. The van der Waals surface area contributed by atoms with Crippen LogP contribution in [0.3, 0.4) is 0 Å². The second-order valence-corrected chi connectivity index (χ2v) is 5.91. The van der Waals surface area contributed by atoms with Crippen molar-refractivity contribution in [3.05, 3.63) is 48.2 Å². The van der Waals surface area contributed by atoms with Gasteiger partial charge in [0.15, 0.2) is 5.78 Å². The van der Waals surface area contributed by atoms with Gasteiger partial charge in [-0.25, -0.2) is 9.78 Å². The first-order valence-electron chi connectivity index (χ1n) is 6.05. The van der Waals surface area contributed by atoms with Crippen molar-refractivity contribution in [2.45, 2.75) is 27.3 Å². The molecule has 0 saturated carbocycles. The van der Waals surface area contributed by atoms with E-state index in [1.165, 1.54) is 36.1 Å². The standard InChI is InChI=1S/C13H15N3O3S/c1-7-9(3)20-11(14-7)6-16-5-10(8(2)17)12(18)15(4)13(16)19/h5H,6H2,1-4H3. The summed E-state index contributed by atoms with van der Waals surface area (Å²) >= 11 is 1.50. The molecule has 0 aliphatic carbocycles. The maximum absolute atomic E-state index is 12.1. The third-order valence-corrected chi connectivity index (χ3v) is 4.17. The molecule has 0 unspecified atom stereocenters. The normalized spacial score (nSPS) is 10.8. The van der Waals surface area contributed by atoms with Crippen molar-refractivity contribution < 1.29 is 4.79 Å². The minimum atomic E-state index is -0.565. The highest BCUT2D eigenvalue weighted by Crippen LogP contribution is 2.16. The predicted molar refractivity (Wildman–Crippen MR) is 76.6 cm³/mol. The van der Waals surface area contributed by atoms with Crippen molar-refractivity contribution in [2.75, 3.05) is 0 Å². The minimum Gasteiger partial charge on any atom is -0.294 e. The highest BCUT2D eigenvalue weighted by atomic mass is 32.1. The molecule has 106 valence electrons. The summed E-state index contributed by atoms with van der Waals surface area (Å²) in [5, 5.41) is 0.773. The second-order valence-electron chi connectivity index (χ2n) is 4.62. The van der Waals surface area contributed by atoms with Gasteiger partial charge in [-0.15, -0.1) is 11.3 Å². The van der Waals surface area contributed by atoms with Crippen LogP contribution in [0.5, 0.6) is 0 Å². The number of thiazole rings is 1. The smallest absolute Gasteiger partial charge is 0.294 e. The van der Waals surface area contributed by atoms with Gasteiger partial charge in [0.05, 0.1) is 17.8 Å². The topological polar surface area (TPSA) is 74.0 Å². The van der Waals surface area contributed by atoms with Crippen molar-refractivity contribution in [3.8, 4) is 0 Å². The number of rotatable bonds is 3. The Balaban J connectivity index is 2.54. The molecule has 0 fully saturated rings. The molecule has 0 aliphatic heterocycles.